The number of rotatable bonds is 4. The summed E-state index contributed by atoms with van der Waals surface area (Å²) < 4.78 is 10.5. The molecule has 1 saturated heterocycles. The Labute approximate surface area is 169 Å². The van der Waals surface area contributed by atoms with Crippen molar-refractivity contribution in [1.82, 2.24) is 14.9 Å². The number of anilines is 1. The third kappa shape index (κ3) is 4.23. The van der Waals surface area contributed by atoms with Crippen LogP contribution in [0.25, 0.3) is 11.0 Å². The van der Waals surface area contributed by atoms with Crippen LogP contribution in [0.2, 0.25) is 0 Å². The highest BCUT2D eigenvalue weighted by molar-refractivity contribution is 5.90. The maximum absolute atomic E-state index is 12.7. The molecule has 29 heavy (non-hydrogen) atoms. The normalized spacial score (nSPS) is 14.6. The maximum atomic E-state index is 12.7. The van der Waals surface area contributed by atoms with Gasteiger partial charge in [0.05, 0.1) is 14.2 Å². The number of piperidine rings is 1. The molecule has 3 aromatic rings. The quantitative estimate of drug-likeness (QED) is 0.725. The lowest BCUT2D eigenvalue weighted by Crippen LogP contribution is -2.40. The van der Waals surface area contributed by atoms with Gasteiger partial charge in [0.1, 0.15) is 11.5 Å². The molecule has 2 aromatic heterocycles. The fraction of sp³-hybridized carbons (Fsp3) is 0.318. The Bertz CT molecular complexity index is 994. The Morgan fingerprint density at radius 1 is 1.07 bits per heavy atom. The molecule has 1 N–H and O–H groups in total. The van der Waals surface area contributed by atoms with Gasteiger partial charge in [0.25, 0.3) is 0 Å². The second kappa shape index (κ2) is 8.34. The molecule has 0 aliphatic carbocycles. The predicted molar refractivity (Wildman–Crippen MR) is 112 cm³/mol. The van der Waals surface area contributed by atoms with Crippen LogP contribution in [0.1, 0.15) is 24.5 Å². The van der Waals surface area contributed by atoms with Gasteiger partial charge in [-0.3, -0.25) is 0 Å². The Morgan fingerprint density at radius 3 is 2.48 bits per heavy atom. The highest BCUT2D eigenvalue weighted by Crippen LogP contribution is 2.29. The number of hydrogen-bond donors (Lipinski definition) is 1. The summed E-state index contributed by atoms with van der Waals surface area (Å²) in [6.45, 7) is 1.36. The SMILES string of the molecule is COc1cc(NC(=O)N2CCC(c3ccc4cccnc4n3)CC2)cc(OC)c1. The zero-order chi connectivity index (χ0) is 20.2. The minimum absolute atomic E-state index is 0.119. The number of likely N-dealkylation sites (tertiary alicyclic amines) is 1. The highest BCUT2D eigenvalue weighted by atomic mass is 16.5. The van der Waals surface area contributed by atoms with E-state index < -0.39 is 0 Å². The van der Waals surface area contributed by atoms with Crippen LogP contribution in [-0.2, 0) is 0 Å². The summed E-state index contributed by atoms with van der Waals surface area (Å²) in [7, 11) is 3.17. The van der Waals surface area contributed by atoms with Crippen molar-refractivity contribution in [1.29, 1.82) is 0 Å². The van der Waals surface area contributed by atoms with Gasteiger partial charge < -0.3 is 19.7 Å². The number of amides is 2. The number of carbonyl (C=O) groups is 1. The molecule has 0 unspecified atom stereocenters. The summed E-state index contributed by atoms with van der Waals surface area (Å²) >= 11 is 0. The van der Waals surface area contributed by atoms with E-state index in [-0.39, 0.29) is 6.03 Å². The average molecular weight is 392 g/mol. The second-order valence-corrected chi connectivity index (χ2v) is 7.08. The van der Waals surface area contributed by atoms with Crippen LogP contribution in [0.5, 0.6) is 11.5 Å². The van der Waals surface area contributed by atoms with E-state index in [1.165, 1.54) is 0 Å². The molecule has 1 aromatic carbocycles. The summed E-state index contributed by atoms with van der Waals surface area (Å²) in [4.78, 5) is 23.6. The Kier molecular flexibility index (Phi) is 5.46. The van der Waals surface area contributed by atoms with E-state index in [2.05, 4.69) is 22.4 Å². The van der Waals surface area contributed by atoms with Crippen molar-refractivity contribution in [3.05, 3.63) is 54.4 Å². The van der Waals surface area contributed by atoms with E-state index in [0.717, 1.165) is 29.6 Å². The smallest absolute Gasteiger partial charge is 0.321 e. The lowest BCUT2D eigenvalue weighted by molar-refractivity contribution is 0.194. The first-order chi connectivity index (χ1) is 14.2. The number of benzene rings is 1. The summed E-state index contributed by atoms with van der Waals surface area (Å²) in [6.07, 6.45) is 3.51. The summed E-state index contributed by atoms with van der Waals surface area (Å²) in [5.74, 6) is 1.60. The van der Waals surface area contributed by atoms with E-state index in [4.69, 9.17) is 14.5 Å². The van der Waals surface area contributed by atoms with Gasteiger partial charge in [0, 0.05) is 60.2 Å². The van der Waals surface area contributed by atoms with E-state index in [0.29, 0.717) is 36.2 Å². The van der Waals surface area contributed by atoms with Gasteiger partial charge in [0.15, 0.2) is 5.65 Å². The second-order valence-electron chi connectivity index (χ2n) is 7.08. The minimum Gasteiger partial charge on any atom is -0.497 e. The van der Waals surface area contributed by atoms with Gasteiger partial charge in [-0.15, -0.1) is 0 Å². The van der Waals surface area contributed by atoms with Gasteiger partial charge in [-0.2, -0.15) is 0 Å². The van der Waals surface area contributed by atoms with Crippen LogP contribution >= 0.6 is 0 Å². The summed E-state index contributed by atoms with van der Waals surface area (Å²) in [5, 5.41) is 3.98. The molecule has 150 valence electrons. The van der Waals surface area contributed by atoms with Crippen molar-refractivity contribution in [2.75, 3.05) is 32.6 Å². The number of hydrogen-bond acceptors (Lipinski definition) is 5. The molecule has 4 rings (SSSR count). The first-order valence-corrected chi connectivity index (χ1v) is 9.67. The predicted octanol–water partition coefficient (Wildman–Crippen LogP) is 4.06. The molecule has 3 heterocycles. The molecule has 7 nitrogen and oxygen atoms in total. The van der Waals surface area contributed by atoms with Crippen LogP contribution in [0, 0.1) is 0 Å². The van der Waals surface area contributed by atoms with Crippen LogP contribution in [0.3, 0.4) is 0 Å². The lowest BCUT2D eigenvalue weighted by atomic mass is 9.93. The monoisotopic (exact) mass is 392 g/mol. The van der Waals surface area contributed by atoms with Crippen LogP contribution in [0.15, 0.2) is 48.7 Å². The molecule has 0 atom stereocenters. The van der Waals surface area contributed by atoms with Gasteiger partial charge in [0.2, 0.25) is 0 Å². The number of nitrogens with zero attached hydrogens (tertiary/aromatic N) is 3. The van der Waals surface area contributed by atoms with Gasteiger partial charge in [-0.25, -0.2) is 14.8 Å². The number of methoxy groups -OCH3 is 2. The molecule has 2 amide bonds. The lowest BCUT2D eigenvalue weighted by Gasteiger charge is -2.31. The van der Waals surface area contributed by atoms with Gasteiger partial charge in [-0.05, 0) is 37.1 Å². The van der Waals surface area contributed by atoms with Crippen LogP contribution in [0.4, 0.5) is 10.5 Å². The van der Waals surface area contributed by atoms with E-state index in [1.807, 2.05) is 17.0 Å². The standard InChI is InChI=1S/C22H24N4O3/c1-28-18-12-17(13-19(14-18)29-2)24-22(27)26-10-7-15(8-11-26)20-6-5-16-4-3-9-23-21(16)25-20/h3-6,9,12-15H,7-8,10-11H2,1-2H3,(H,24,27). The van der Waals surface area contributed by atoms with E-state index in [1.54, 1.807) is 38.6 Å². The molecule has 7 heteroatoms. The van der Waals surface area contributed by atoms with Gasteiger partial charge >= 0.3 is 6.03 Å². The first kappa shape index (κ1) is 19.0. The first-order valence-electron chi connectivity index (χ1n) is 9.67. The molecule has 1 aliphatic rings. The average Bonchev–Trinajstić information content (AvgIpc) is 2.78. The molecule has 1 fully saturated rings. The van der Waals surface area contributed by atoms with Crippen molar-refractivity contribution < 1.29 is 14.3 Å². The zero-order valence-electron chi connectivity index (χ0n) is 16.6. The van der Waals surface area contributed by atoms with Crippen molar-refractivity contribution in [2.24, 2.45) is 0 Å². The van der Waals surface area contributed by atoms with Crippen molar-refractivity contribution in [3.8, 4) is 11.5 Å². The molecule has 0 spiro atoms. The Balaban J connectivity index is 1.39. The molecule has 0 bridgehead atoms. The van der Waals surface area contributed by atoms with E-state index in [9.17, 15) is 4.79 Å². The highest BCUT2D eigenvalue weighted by Gasteiger charge is 2.25. The van der Waals surface area contributed by atoms with Gasteiger partial charge in [-0.1, -0.05) is 0 Å². The molecule has 0 saturated carbocycles. The van der Waals surface area contributed by atoms with Crippen molar-refractivity contribution >= 4 is 22.8 Å². The Hall–Kier alpha value is -3.35. The largest absolute Gasteiger partial charge is 0.497 e. The van der Waals surface area contributed by atoms with Crippen molar-refractivity contribution in [2.45, 2.75) is 18.8 Å². The number of aromatic nitrogens is 2. The van der Waals surface area contributed by atoms with Crippen molar-refractivity contribution in [3.63, 3.8) is 0 Å². The molecule has 1 aliphatic heterocycles. The number of fused-ring (bicyclic) bond motifs is 1. The zero-order valence-corrected chi connectivity index (χ0v) is 16.6. The summed E-state index contributed by atoms with van der Waals surface area (Å²) in [6, 6.07) is 13.3. The Morgan fingerprint density at radius 2 is 1.79 bits per heavy atom. The van der Waals surface area contributed by atoms with Crippen LogP contribution < -0.4 is 14.8 Å². The molecular weight excluding hydrogens is 368 g/mol. The topological polar surface area (TPSA) is 76.6 Å². The molecular formula is C22H24N4O3. The number of urea groups is 1. The third-order valence-electron chi connectivity index (χ3n) is 5.29. The number of pyridine rings is 2. The minimum atomic E-state index is -0.119. The fourth-order valence-electron chi connectivity index (χ4n) is 3.66. The maximum Gasteiger partial charge on any atom is 0.321 e. The number of carbonyl (C=O) groups excluding carboxylic acids is 1. The fourth-order valence-corrected chi connectivity index (χ4v) is 3.66. The van der Waals surface area contributed by atoms with Crippen LogP contribution in [-0.4, -0.2) is 48.2 Å². The molecule has 0 radical (unpaired) electrons. The summed E-state index contributed by atoms with van der Waals surface area (Å²) in [5.41, 5.74) is 2.47. The third-order valence-corrected chi connectivity index (χ3v) is 5.29. The number of ether oxygens (including phenoxy) is 2. The number of nitrogens with one attached hydrogen (secondary N) is 1. The van der Waals surface area contributed by atoms with E-state index >= 15 is 0 Å².